The third kappa shape index (κ3) is 7.89. The molecular formula is C32H22F6N2O9. The number of aromatic amines is 1. The summed E-state index contributed by atoms with van der Waals surface area (Å²) in [5.41, 5.74) is -7.09. The van der Waals surface area contributed by atoms with E-state index in [1.807, 2.05) is 0 Å². The van der Waals surface area contributed by atoms with Crippen LogP contribution in [0.5, 0.6) is 0 Å². The van der Waals surface area contributed by atoms with Crippen LogP contribution in [-0.4, -0.2) is 52.4 Å². The van der Waals surface area contributed by atoms with Crippen LogP contribution in [-0.2, 0) is 31.3 Å². The summed E-state index contributed by atoms with van der Waals surface area (Å²) >= 11 is 0. The summed E-state index contributed by atoms with van der Waals surface area (Å²) in [4.78, 5) is 65.6. The van der Waals surface area contributed by atoms with Gasteiger partial charge in [-0.1, -0.05) is 42.5 Å². The maximum atomic E-state index is 13.7. The summed E-state index contributed by atoms with van der Waals surface area (Å²) in [6, 6.07) is 17.5. The number of carbonyl (C=O) groups is 3. The zero-order valence-corrected chi connectivity index (χ0v) is 24.6. The Kier molecular flexibility index (Phi) is 9.75. The molecule has 1 N–H and O–H groups in total. The van der Waals surface area contributed by atoms with E-state index in [2.05, 4.69) is 0 Å². The van der Waals surface area contributed by atoms with Crippen LogP contribution in [0.2, 0.25) is 0 Å². The lowest BCUT2D eigenvalue weighted by Crippen LogP contribution is -2.43. The number of benzene rings is 3. The van der Waals surface area contributed by atoms with Crippen molar-refractivity contribution in [2.75, 3.05) is 6.61 Å². The average molecular weight is 693 g/mol. The maximum Gasteiger partial charge on any atom is 0.423 e. The summed E-state index contributed by atoms with van der Waals surface area (Å²) < 4.78 is 104. The molecule has 0 bridgehead atoms. The van der Waals surface area contributed by atoms with E-state index in [1.54, 1.807) is 12.1 Å². The van der Waals surface area contributed by atoms with E-state index >= 15 is 0 Å². The van der Waals surface area contributed by atoms with Crippen LogP contribution in [0.4, 0.5) is 26.3 Å². The first kappa shape index (κ1) is 34.6. The zero-order valence-electron chi connectivity index (χ0n) is 24.6. The Morgan fingerprint density at radius 2 is 1.27 bits per heavy atom. The van der Waals surface area contributed by atoms with Crippen molar-refractivity contribution >= 4 is 17.9 Å². The number of rotatable bonds is 8. The van der Waals surface area contributed by atoms with E-state index in [4.69, 9.17) is 18.9 Å². The van der Waals surface area contributed by atoms with Crippen molar-refractivity contribution in [2.45, 2.75) is 36.9 Å². The summed E-state index contributed by atoms with van der Waals surface area (Å²) in [5.74, 6) is -3.49. The van der Waals surface area contributed by atoms with Gasteiger partial charge in [-0.3, -0.25) is 14.3 Å². The second kappa shape index (κ2) is 13.8. The molecule has 0 aliphatic carbocycles. The Bertz CT molecular complexity index is 1960. The van der Waals surface area contributed by atoms with Crippen molar-refractivity contribution in [1.82, 2.24) is 9.55 Å². The molecule has 0 spiro atoms. The second-order valence-corrected chi connectivity index (χ2v) is 10.4. The van der Waals surface area contributed by atoms with Gasteiger partial charge in [0.15, 0.2) is 18.4 Å². The number of esters is 3. The molecule has 4 atom stereocenters. The van der Waals surface area contributed by atoms with Crippen LogP contribution in [0.3, 0.4) is 0 Å². The molecule has 1 fully saturated rings. The SMILES string of the molecule is O=C(OC[C@H]1O[C@@H](n2cc(C(F)(F)F)c(=O)[nH]c2=O)[C@H](OC(=O)c2cccc(C(F)(F)F)c2)[C@@H]1OC(=O)c1ccccc1)c1ccccc1. The number of ether oxygens (including phenoxy) is 4. The van der Waals surface area contributed by atoms with E-state index < -0.39 is 89.3 Å². The third-order valence-electron chi connectivity index (χ3n) is 7.14. The molecule has 17 heteroatoms. The lowest BCUT2D eigenvalue weighted by molar-refractivity contribution is -0.140. The molecule has 256 valence electrons. The van der Waals surface area contributed by atoms with Gasteiger partial charge in [0.25, 0.3) is 5.56 Å². The number of aromatic nitrogens is 2. The van der Waals surface area contributed by atoms with Gasteiger partial charge in [0, 0.05) is 6.20 Å². The smallest absolute Gasteiger partial charge is 0.423 e. The fourth-order valence-corrected chi connectivity index (χ4v) is 4.81. The van der Waals surface area contributed by atoms with Crippen LogP contribution in [0.15, 0.2) is 101 Å². The van der Waals surface area contributed by atoms with Crippen molar-refractivity contribution in [3.8, 4) is 0 Å². The monoisotopic (exact) mass is 692 g/mol. The highest BCUT2D eigenvalue weighted by Crippen LogP contribution is 2.36. The number of carbonyl (C=O) groups excluding carboxylic acids is 3. The highest BCUT2D eigenvalue weighted by molar-refractivity contribution is 5.91. The summed E-state index contributed by atoms with van der Waals surface area (Å²) in [6.07, 6.45) is -17.8. The first-order chi connectivity index (χ1) is 23.1. The summed E-state index contributed by atoms with van der Waals surface area (Å²) in [5, 5.41) is 0. The Balaban J connectivity index is 1.58. The second-order valence-electron chi connectivity index (χ2n) is 10.4. The average Bonchev–Trinajstić information content (AvgIpc) is 3.39. The van der Waals surface area contributed by atoms with Gasteiger partial charge in [0.2, 0.25) is 0 Å². The number of hydrogen-bond donors (Lipinski definition) is 1. The van der Waals surface area contributed by atoms with E-state index in [1.165, 1.54) is 53.5 Å². The van der Waals surface area contributed by atoms with E-state index in [0.29, 0.717) is 12.1 Å². The highest BCUT2D eigenvalue weighted by atomic mass is 19.4. The molecule has 3 aromatic carbocycles. The van der Waals surface area contributed by atoms with Gasteiger partial charge in [-0.05, 0) is 42.5 Å². The molecule has 0 amide bonds. The molecule has 1 aromatic heterocycles. The van der Waals surface area contributed by atoms with Crippen LogP contribution < -0.4 is 11.2 Å². The van der Waals surface area contributed by atoms with Crippen LogP contribution in [0.25, 0.3) is 0 Å². The predicted molar refractivity (Wildman–Crippen MR) is 153 cm³/mol. The van der Waals surface area contributed by atoms with Crippen LogP contribution in [0, 0.1) is 0 Å². The molecule has 0 unspecified atom stereocenters. The number of alkyl halides is 6. The summed E-state index contributed by atoms with van der Waals surface area (Å²) in [7, 11) is 0. The lowest BCUT2D eigenvalue weighted by atomic mass is 10.1. The van der Waals surface area contributed by atoms with Gasteiger partial charge >= 0.3 is 36.0 Å². The molecule has 11 nitrogen and oxygen atoms in total. The normalized spacial score (nSPS) is 19.2. The van der Waals surface area contributed by atoms with Gasteiger partial charge in [0.05, 0.1) is 22.3 Å². The fraction of sp³-hybridized carbons (Fsp3) is 0.219. The largest absolute Gasteiger partial charge is 0.459 e. The van der Waals surface area contributed by atoms with Crippen molar-refractivity contribution < 1.29 is 59.7 Å². The summed E-state index contributed by atoms with van der Waals surface area (Å²) in [6.45, 7) is -0.793. The first-order valence-electron chi connectivity index (χ1n) is 14.1. The number of H-pyrrole nitrogens is 1. The van der Waals surface area contributed by atoms with Gasteiger partial charge in [-0.2, -0.15) is 26.3 Å². The maximum absolute atomic E-state index is 13.7. The van der Waals surface area contributed by atoms with E-state index in [0.717, 1.165) is 12.1 Å². The first-order valence-corrected chi connectivity index (χ1v) is 14.1. The number of nitrogens with one attached hydrogen (secondary N) is 1. The van der Waals surface area contributed by atoms with Gasteiger partial charge in [-0.25, -0.2) is 19.2 Å². The van der Waals surface area contributed by atoms with Crippen molar-refractivity contribution in [3.05, 3.63) is 140 Å². The highest BCUT2D eigenvalue weighted by Gasteiger charge is 2.52. The molecule has 2 heterocycles. The molecule has 1 aliphatic heterocycles. The standard InChI is InChI=1S/C32H22F6N2O9/c33-31(34,35)20-13-7-12-19(14-20)29(44)49-24-23(48-28(43)18-10-5-2-6-11-18)22(16-46-27(42)17-8-3-1-4-9-17)47-26(24)40-15-21(32(36,37)38)25(41)39-30(40)45/h1-15,22-24,26H,16H2,(H,39,41,45)/t22-,23-,24-,26-/m1/s1. The van der Waals surface area contributed by atoms with Gasteiger partial charge in [-0.15, -0.1) is 0 Å². The van der Waals surface area contributed by atoms with Gasteiger partial charge in [0.1, 0.15) is 18.3 Å². The van der Waals surface area contributed by atoms with Crippen molar-refractivity contribution in [3.63, 3.8) is 0 Å². The van der Waals surface area contributed by atoms with Gasteiger partial charge < -0.3 is 18.9 Å². The quantitative estimate of drug-likeness (QED) is 0.157. The molecule has 0 saturated carbocycles. The number of nitrogens with zero attached hydrogens (tertiary/aromatic N) is 1. The van der Waals surface area contributed by atoms with Crippen LogP contribution >= 0.6 is 0 Å². The van der Waals surface area contributed by atoms with E-state index in [-0.39, 0.29) is 21.9 Å². The minimum absolute atomic E-state index is 0.0606. The molecule has 1 aliphatic rings. The number of halogens is 6. The third-order valence-corrected chi connectivity index (χ3v) is 7.14. The lowest BCUT2D eigenvalue weighted by Gasteiger charge is -2.25. The fourth-order valence-electron chi connectivity index (χ4n) is 4.81. The van der Waals surface area contributed by atoms with Crippen molar-refractivity contribution in [2.24, 2.45) is 0 Å². The molecule has 49 heavy (non-hydrogen) atoms. The minimum Gasteiger partial charge on any atom is -0.459 e. The molecule has 5 rings (SSSR count). The Morgan fingerprint density at radius 3 is 1.86 bits per heavy atom. The molecular weight excluding hydrogens is 670 g/mol. The topological polar surface area (TPSA) is 143 Å². The Hall–Kier alpha value is -5.71. The number of hydrogen-bond acceptors (Lipinski definition) is 9. The Labute approximate surface area is 270 Å². The molecule has 4 aromatic rings. The zero-order chi connectivity index (χ0) is 35.5. The minimum atomic E-state index is -5.30. The molecule has 1 saturated heterocycles. The van der Waals surface area contributed by atoms with Crippen LogP contribution in [0.1, 0.15) is 48.4 Å². The Morgan fingerprint density at radius 1 is 0.714 bits per heavy atom. The molecule has 0 radical (unpaired) electrons. The van der Waals surface area contributed by atoms with Crippen molar-refractivity contribution in [1.29, 1.82) is 0 Å². The van der Waals surface area contributed by atoms with E-state index in [9.17, 15) is 50.3 Å². The predicted octanol–water partition coefficient (Wildman–Crippen LogP) is 4.78.